The molecule has 6 nitrogen and oxygen atoms in total. The molecule has 146 valence electrons. The van der Waals surface area contributed by atoms with E-state index in [1.54, 1.807) is 0 Å². The maximum absolute atomic E-state index is 12.8. The van der Waals surface area contributed by atoms with Crippen molar-refractivity contribution >= 4 is 27.7 Å². The van der Waals surface area contributed by atoms with E-state index in [1.807, 2.05) is 49.9 Å². The fourth-order valence-electron chi connectivity index (χ4n) is 3.28. The van der Waals surface area contributed by atoms with Gasteiger partial charge in [-0.3, -0.25) is 19.9 Å². The van der Waals surface area contributed by atoms with Gasteiger partial charge in [0, 0.05) is 42.5 Å². The molecule has 27 heavy (non-hydrogen) atoms. The van der Waals surface area contributed by atoms with Gasteiger partial charge in [-0.25, -0.2) is 0 Å². The molecule has 1 aromatic carbocycles. The molecule has 0 aliphatic carbocycles. The van der Waals surface area contributed by atoms with E-state index in [4.69, 9.17) is 4.84 Å². The second-order valence-electron chi connectivity index (χ2n) is 7.69. The quantitative estimate of drug-likeness (QED) is 0.762. The van der Waals surface area contributed by atoms with Gasteiger partial charge in [0.05, 0.1) is 0 Å². The van der Waals surface area contributed by atoms with Crippen molar-refractivity contribution in [1.82, 2.24) is 15.7 Å². The Balaban J connectivity index is 1.60. The van der Waals surface area contributed by atoms with Crippen molar-refractivity contribution in [1.29, 1.82) is 0 Å². The lowest BCUT2D eigenvalue weighted by Crippen LogP contribution is -2.46. The molecule has 1 fully saturated rings. The second-order valence-corrected chi connectivity index (χ2v) is 8.54. The number of carbonyl (C=O) groups is 2. The number of carbonyl (C=O) groups excluding carboxylic acids is 2. The van der Waals surface area contributed by atoms with Gasteiger partial charge in [-0.1, -0.05) is 29.8 Å². The number of nitrogens with one attached hydrogen (secondary N) is 2. The first kappa shape index (κ1) is 19.9. The summed E-state index contributed by atoms with van der Waals surface area (Å²) in [7, 11) is 0. The summed E-state index contributed by atoms with van der Waals surface area (Å²) < 4.78 is 0.996. The number of rotatable bonds is 4. The van der Waals surface area contributed by atoms with Gasteiger partial charge in [0.2, 0.25) is 0 Å². The van der Waals surface area contributed by atoms with E-state index in [9.17, 15) is 9.59 Å². The van der Waals surface area contributed by atoms with Crippen molar-refractivity contribution in [3.8, 4) is 0 Å². The van der Waals surface area contributed by atoms with Crippen molar-refractivity contribution in [3.05, 3.63) is 45.6 Å². The average molecular weight is 436 g/mol. The number of hydroxylamine groups is 1. The van der Waals surface area contributed by atoms with E-state index in [2.05, 4.69) is 26.7 Å². The van der Waals surface area contributed by atoms with Crippen LogP contribution in [0.5, 0.6) is 0 Å². The lowest BCUT2D eigenvalue weighted by molar-refractivity contribution is -0.120. The molecule has 2 amide bonds. The summed E-state index contributed by atoms with van der Waals surface area (Å²) >= 11 is 3.46. The molecule has 3 rings (SSSR count). The first-order valence-electron chi connectivity index (χ1n) is 9.30. The molecule has 0 saturated carbocycles. The average Bonchev–Trinajstić information content (AvgIpc) is 3.06. The molecule has 2 heterocycles. The maximum atomic E-state index is 12.8. The molecule has 1 aromatic rings. The third kappa shape index (κ3) is 4.52. The minimum Gasteiger partial charge on any atom is -0.350 e. The lowest BCUT2D eigenvalue weighted by atomic mass is 9.90. The van der Waals surface area contributed by atoms with Gasteiger partial charge in [-0.15, -0.1) is 0 Å². The van der Waals surface area contributed by atoms with E-state index < -0.39 is 5.60 Å². The first-order chi connectivity index (χ1) is 12.8. The van der Waals surface area contributed by atoms with E-state index in [1.165, 1.54) is 0 Å². The molecule has 1 saturated heterocycles. The van der Waals surface area contributed by atoms with Crippen molar-refractivity contribution in [2.45, 2.75) is 39.2 Å². The highest BCUT2D eigenvalue weighted by atomic mass is 79.9. The summed E-state index contributed by atoms with van der Waals surface area (Å²) in [5, 5.41) is 2.89. The number of nitrogens with zero attached hydrogens (tertiary/aromatic N) is 1. The molecule has 0 radical (unpaired) electrons. The molecule has 1 spiro atoms. The predicted molar refractivity (Wildman–Crippen MR) is 107 cm³/mol. The summed E-state index contributed by atoms with van der Waals surface area (Å²) in [4.78, 5) is 32.6. The molecular formula is C20H26BrN3O3. The van der Waals surface area contributed by atoms with Crippen LogP contribution in [-0.4, -0.2) is 41.9 Å². The number of hydrogen-bond acceptors (Lipinski definition) is 4. The molecule has 2 N–H and O–H groups in total. The van der Waals surface area contributed by atoms with Crippen LogP contribution in [0.25, 0.3) is 0 Å². The molecule has 2 aliphatic heterocycles. The lowest BCUT2D eigenvalue weighted by Gasteiger charge is -2.36. The smallest absolute Gasteiger partial charge is 0.269 e. The Morgan fingerprint density at radius 3 is 2.67 bits per heavy atom. The van der Waals surface area contributed by atoms with Gasteiger partial charge in [0.1, 0.15) is 11.3 Å². The van der Waals surface area contributed by atoms with Crippen molar-refractivity contribution in [2.24, 2.45) is 5.92 Å². The maximum Gasteiger partial charge on any atom is 0.269 e. The van der Waals surface area contributed by atoms with Gasteiger partial charge in [0.25, 0.3) is 11.8 Å². The van der Waals surface area contributed by atoms with Gasteiger partial charge in [-0.05, 0) is 42.7 Å². The van der Waals surface area contributed by atoms with Crippen LogP contribution in [0, 0.1) is 12.8 Å². The fourth-order valence-corrected chi connectivity index (χ4v) is 3.52. The SMILES string of the molecule is Cc1cc(C(=O)N2CCC3(C=C(C(=O)NCC(C)C)NO3)CC2)ccc1Br. The summed E-state index contributed by atoms with van der Waals surface area (Å²) in [5.41, 5.74) is 4.45. The topological polar surface area (TPSA) is 70.7 Å². The van der Waals surface area contributed by atoms with Crippen LogP contribution in [0.4, 0.5) is 0 Å². The van der Waals surface area contributed by atoms with Crippen LogP contribution in [0.3, 0.4) is 0 Å². The Morgan fingerprint density at radius 2 is 2.04 bits per heavy atom. The van der Waals surface area contributed by atoms with Crippen LogP contribution < -0.4 is 10.8 Å². The highest BCUT2D eigenvalue weighted by molar-refractivity contribution is 9.10. The van der Waals surface area contributed by atoms with Crippen LogP contribution in [0.1, 0.15) is 42.6 Å². The molecule has 0 bridgehead atoms. The highest BCUT2D eigenvalue weighted by Crippen LogP contribution is 2.32. The summed E-state index contributed by atoms with van der Waals surface area (Å²) in [6.45, 7) is 7.88. The summed E-state index contributed by atoms with van der Waals surface area (Å²) in [5.74, 6) is 0.275. The van der Waals surface area contributed by atoms with Crippen molar-refractivity contribution in [2.75, 3.05) is 19.6 Å². The predicted octanol–water partition coefficient (Wildman–Crippen LogP) is 2.92. The Morgan fingerprint density at radius 1 is 1.33 bits per heavy atom. The van der Waals surface area contributed by atoms with E-state index in [-0.39, 0.29) is 11.8 Å². The highest BCUT2D eigenvalue weighted by Gasteiger charge is 2.41. The van der Waals surface area contributed by atoms with E-state index in [0.717, 1.165) is 10.0 Å². The minimum absolute atomic E-state index is 0.0327. The Labute approximate surface area is 168 Å². The van der Waals surface area contributed by atoms with Crippen LogP contribution in [0.15, 0.2) is 34.4 Å². The number of piperidine rings is 1. The number of amides is 2. The van der Waals surface area contributed by atoms with E-state index in [0.29, 0.717) is 49.7 Å². The number of halogens is 1. The molecule has 7 heteroatoms. The zero-order chi connectivity index (χ0) is 19.6. The summed E-state index contributed by atoms with van der Waals surface area (Å²) in [6.07, 6.45) is 3.18. The standard InChI is InChI=1S/C20H26BrN3O3/c1-13(2)12-22-18(25)17-11-20(27-23-17)6-8-24(9-7-20)19(26)15-4-5-16(21)14(3)10-15/h4-5,10-11,13,23H,6-9,12H2,1-3H3,(H,22,25). The van der Waals surface area contributed by atoms with Gasteiger partial charge < -0.3 is 10.2 Å². The number of likely N-dealkylation sites (tertiary alicyclic amines) is 1. The summed E-state index contributed by atoms with van der Waals surface area (Å²) in [6, 6.07) is 5.65. The normalized spacial score (nSPS) is 18.4. The van der Waals surface area contributed by atoms with Crippen LogP contribution >= 0.6 is 15.9 Å². The van der Waals surface area contributed by atoms with Gasteiger partial charge in [0.15, 0.2) is 0 Å². The van der Waals surface area contributed by atoms with Crippen molar-refractivity contribution < 1.29 is 14.4 Å². The Hall–Kier alpha value is -1.86. The van der Waals surface area contributed by atoms with Crippen molar-refractivity contribution in [3.63, 3.8) is 0 Å². The van der Waals surface area contributed by atoms with Gasteiger partial charge >= 0.3 is 0 Å². The van der Waals surface area contributed by atoms with Crippen LogP contribution in [-0.2, 0) is 9.63 Å². The third-order valence-corrected chi connectivity index (χ3v) is 5.88. The molecule has 0 aromatic heterocycles. The third-order valence-electron chi connectivity index (χ3n) is 4.99. The minimum atomic E-state index is -0.517. The Kier molecular flexibility index (Phi) is 5.91. The number of hydrogen-bond donors (Lipinski definition) is 2. The number of benzene rings is 1. The fraction of sp³-hybridized carbons (Fsp3) is 0.500. The molecule has 2 aliphatic rings. The molecule has 0 unspecified atom stereocenters. The second kappa shape index (κ2) is 8.02. The zero-order valence-electron chi connectivity index (χ0n) is 16.0. The monoisotopic (exact) mass is 435 g/mol. The zero-order valence-corrected chi connectivity index (χ0v) is 17.6. The molecular weight excluding hydrogens is 410 g/mol. The largest absolute Gasteiger partial charge is 0.350 e. The van der Waals surface area contributed by atoms with Crippen LogP contribution in [0.2, 0.25) is 0 Å². The Bertz CT molecular complexity index is 768. The number of aryl methyl sites for hydroxylation is 1. The first-order valence-corrected chi connectivity index (χ1v) is 10.1. The molecule has 0 atom stereocenters. The van der Waals surface area contributed by atoms with E-state index >= 15 is 0 Å². The van der Waals surface area contributed by atoms with Gasteiger partial charge in [-0.2, -0.15) is 0 Å².